The Bertz CT molecular complexity index is 569. The number of nitrogens with one attached hydrogen (secondary N) is 1. The molecule has 6 heteroatoms. The highest BCUT2D eigenvalue weighted by molar-refractivity contribution is 6.00. The minimum absolute atomic E-state index is 0.148. The maximum Gasteiger partial charge on any atom is 0.323 e. The van der Waals surface area contributed by atoms with E-state index in [-0.39, 0.29) is 24.3 Å². The van der Waals surface area contributed by atoms with Gasteiger partial charge in [-0.1, -0.05) is 26.8 Å². The van der Waals surface area contributed by atoms with Crippen molar-refractivity contribution in [1.29, 1.82) is 0 Å². The summed E-state index contributed by atoms with van der Waals surface area (Å²) < 4.78 is 0. The topological polar surface area (TPSA) is 86.7 Å². The van der Waals surface area contributed by atoms with E-state index in [1.165, 1.54) is 11.0 Å². The Labute approximate surface area is 136 Å². The highest BCUT2D eigenvalue weighted by Crippen LogP contribution is 2.11. The lowest BCUT2D eigenvalue weighted by Gasteiger charge is -2.23. The first-order valence-electron chi connectivity index (χ1n) is 7.74. The van der Waals surface area contributed by atoms with Crippen LogP contribution in [0.25, 0.3) is 0 Å². The van der Waals surface area contributed by atoms with Crippen LogP contribution in [-0.4, -0.2) is 47.4 Å². The lowest BCUT2D eigenvalue weighted by molar-refractivity contribution is -0.137. The van der Waals surface area contributed by atoms with Crippen molar-refractivity contribution in [3.63, 3.8) is 0 Å². The van der Waals surface area contributed by atoms with Crippen LogP contribution < -0.4 is 5.32 Å². The fraction of sp³-hybridized carbons (Fsp3) is 0.471. The number of hydrogen-bond acceptors (Lipinski definition) is 3. The Morgan fingerprint density at radius 1 is 1.22 bits per heavy atom. The smallest absolute Gasteiger partial charge is 0.323 e. The maximum absolute atomic E-state index is 12.5. The van der Waals surface area contributed by atoms with Gasteiger partial charge < -0.3 is 15.3 Å². The van der Waals surface area contributed by atoms with Crippen molar-refractivity contribution in [2.75, 3.05) is 19.6 Å². The average molecular weight is 320 g/mol. The van der Waals surface area contributed by atoms with E-state index in [9.17, 15) is 14.4 Å². The molecule has 0 unspecified atom stereocenters. The third-order valence-electron chi connectivity index (χ3n) is 3.11. The molecule has 126 valence electrons. The molecule has 0 radical (unpaired) electrons. The molecule has 0 saturated carbocycles. The van der Waals surface area contributed by atoms with Gasteiger partial charge in [0.1, 0.15) is 6.54 Å². The van der Waals surface area contributed by atoms with Crippen molar-refractivity contribution in [1.82, 2.24) is 10.2 Å². The molecule has 2 amide bonds. The second-order valence-corrected chi connectivity index (χ2v) is 5.81. The molecule has 0 aliphatic rings. The van der Waals surface area contributed by atoms with Crippen LogP contribution in [0.5, 0.6) is 0 Å². The Balaban J connectivity index is 2.96. The van der Waals surface area contributed by atoms with E-state index in [1.807, 2.05) is 20.8 Å². The third-order valence-corrected chi connectivity index (χ3v) is 3.11. The number of hydrogen-bond donors (Lipinski definition) is 2. The zero-order chi connectivity index (χ0) is 17.4. The fourth-order valence-corrected chi connectivity index (χ4v) is 2.14. The van der Waals surface area contributed by atoms with Crippen LogP contribution in [0, 0.1) is 5.92 Å². The monoisotopic (exact) mass is 320 g/mol. The molecule has 0 saturated heterocycles. The Hall–Kier alpha value is -2.37. The molecular weight excluding hydrogens is 296 g/mol. The highest BCUT2D eigenvalue weighted by atomic mass is 16.4. The molecule has 2 N–H and O–H groups in total. The molecular formula is C17H24N2O4. The molecule has 0 heterocycles. The average Bonchev–Trinajstić information content (AvgIpc) is 2.50. The lowest BCUT2D eigenvalue weighted by atomic mass is 10.1. The summed E-state index contributed by atoms with van der Waals surface area (Å²) in [4.78, 5) is 36.8. The standard InChI is InChI=1S/C17H24N2O4/c1-4-8-18-16(22)13-6-5-7-14(9-13)17(23)19(10-12(2)3)11-15(20)21/h5-7,9,12H,4,8,10-11H2,1-3H3,(H,18,22)(H,20,21). The second kappa shape index (κ2) is 8.92. The molecule has 23 heavy (non-hydrogen) atoms. The quantitative estimate of drug-likeness (QED) is 0.767. The first-order chi connectivity index (χ1) is 10.8. The SMILES string of the molecule is CCCNC(=O)c1cccc(C(=O)N(CC(=O)O)CC(C)C)c1. The highest BCUT2D eigenvalue weighted by Gasteiger charge is 2.20. The van der Waals surface area contributed by atoms with Crippen LogP contribution >= 0.6 is 0 Å². The van der Waals surface area contributed by atoms with E-state index in [0.717, 1.165) is 6.42 Å². The van der Waals surface area contributed by atoms with Gasteiger partial charge in [-0.25, -0.2) is 0 Å². The molecule has 0 aliphatic carbocycles. The second-order valence-electron chi connectivity index (χ2n) is 5.81. The van der Waals surface area contributed by atoms with Gasteiger partial charge in [-0.2, -0.15) is 0 Å². The summed E-state index contributed by atoms with van der Waals surface area (Å²) in [7, 11) is 0. The van der Waals surface area contributed by atoms with Crippen molar-refractivity contribution in [2.24, 2.45) is 5.92 Å². The molecule has 0 aliphatic heterocycles. The van der Waals surface area contributed by atoms with Crippen molar-refractivity contribution in [3.8, 4) is 0 Å². The zero-order valence-electron chi connectivity index (χ0n) is 13.8. The van der Waals surface area contributed by atoms with Gasteiger partial charge in [-0.3, -0.25) is 14.4 Å². The van der Waals surface area contributed by atoms with Gasteiger partial charge in [0, 0.05) is 24.2 Å². The summed E-state index contributed by atoms with van der Waals surface area (Å²) in [5, 5.41) is 11.7. The van der Waals surface area contributed by atoms with Crippen LogP contribution in [0.15, 0.2) is 24.3 Å². The summed E-state index contributed by atoms with van der Waals surface area (Å²) in [6.45, 7) is 6.33. The Morgan fingerprint density at radius 3 is 2.43 bits per heavy atom. The molecule has 1 aromatic carbocycles. The molecule has 0 fully saturated rings. The normalized spacial score (nSPS) is 10.4. The Kier molecular flexibility index (Phi) is 7.25. The first kappa shape index (κ1) is 18.7. The molecule has 6 nitrogen and oxygen atoms in total. The molecule has 1 rings (SSSR count). The van der Waals surface area contributed by atoms with E-state index >= 15 is 0 Å². The maximum atomic E-state index is 12.5. The van der Waals surface area contributed by atoms with Gasteiger partial charge in [0.25, 0.3) is 11.8 Å². The summed E-state index contributed by atoms with van der Waals surface area (Å²) >= 11 is 0. The number of amides is 2. The number of nitrogens with zero attached hydrogens (tertiary/aromatic N) is 1. The molecule has 1 aromatic rings. The Morgan fingerprint density at radius 2 is 1.87 bits per heavy atom. The number of benzene rings is 1. The minimum atomic E-state index is -1.06. The van der Waals surface area contributed by atoms with Crippen LogP contribution in [-0.2, 0) is 4.79 Å². The number of carbonyl (C=O) groups excluding carboxylic acids is 2. The largest absolute Gasteiger partial charge is 0.480 e. The molecule has 0 aromatic heterocycles. The van der Waals surface area contributed by atoms with Crippen molar-refractivity contribution < 1.29 is 19.5 Å². The lowest BCUT2D eigenvalue weighted by Crippen LogP contribution is -2.38. The summed E-state index contributed by atoms with van der Waals surface area (Å²) in [6, 6.07) is 6.35. The number of rotatable bonds is 8. The van der Waals surface area contributed by atoms with Crippen molar-refractivity contribution in [3.05, 3.63) is 35.4 Å². The molecule has 0 spiro atoms. The van der Waals surface area contributed by atoms with Crippen LogP contribution in [0.4, 0.5) is 0 Å². The number of carboxylic acids is 1. The van der Waals surface area contributed by atoms with Gasteiger partial charge in [0.2, 0.25) is 0 Å². The summed E-state index contributed by atoms with van der Waals surface area (Å²) in [6.07, 6.45) is 0.825. The van der Waals surface area contributed by atoms with Gasteiger partial charge in [0.15, 0.2) is 0 Å². The number of carbonyl (C=O) groups is 3. The van der Waals surface area contributed by atoms with E-state index in [1.54, 1.807) is 18.2 Å². The van der Waals surface area contributed by atoms with E-state index in [0.29, 0.717) is 24.2 Å². The molecule has 0 atom stereocenters. The van der Waals surface area contributed by atoms with Crippen molar-refractivity contribution in [2.45, 2.75) is 27.2 Å². The zero-order valence-corrected chi connectivity index (χ0v) is 13.8. The predicted molar refractivity (Wildman–Crippen MR) is 87.4 cm³/mol. The van der Waals surface area contributed by atoms with Crippen LogP contribution in [0.2, 0.25) is 0 Å². The number of carboxylic acid groups (broad SMARTS) is 1. The van der Waals surface area contributed by atoms with Gasteiger partial charge in [-0.15, -0.1) is 0 Å². The van der Waals surface area contributed by atoms with E-state index in [2.05, 4.69) is 5.32 Å². The molecule has 0 bridgehead atoms. The summed E-state index contributed by atoms with van der Waals surface area (Å²) in [5.41, 5.74) is 0.708. The van der Waals surface area contributed by atoms with E-state index in [4.69, 9.17) is 5.11 Å². The van der Waals surface area contributed by atoms with E-state index < -0.39 is 5.97 Å². The van der Waals surface area contributed by atoms with Crippen molar-refractivity contribution >= 4 is 17.8 Å². The minimum Gasteiger partial charge on any atom is -0.480 e. The van der Waals surface area contributed by atoms with Gasteiger partial charge >= 0.3 is 5.97 Å². The third kappa shape index (κ3) is 6.10. The fourth-order valence-electron chi connectivity index (χ4n) is 2.14. The van der Waals surface area contributed by atoms with Crippen LogP contribution in [0.3, 0.4) is 0 Å². The summed E-state index contributed by atoms with van der Waals surface area (Å²) in [5.74, 6) is -1.54. The van der Waals surface area contributed by atoms with Crippen LogP contribution in [0.1, 0.15) is 47.9 Å². The van der Waals surface area contributed by atoms with Gasteiger partial charge in [0.05, 0.1) is 0 Å². The first-order valence-corrected chi connectivity index (χ1v) is 7.74. The van der Waals surface area contributed by atoms with Gasteiger partial charge in [-0.05, 0) is 30.5 Å². The predicted octanol–water partition coefficient (Wildman–Crippen LogP) is 2.01. The number of aliphatic carboxylic acids is 1.